The minimum atomic E-state index is -0.951. The van der Waals surface area contributed by atoms with E-state index in [0.29, 0.717) is 16.7 Å². The van der Waals surface area contributed by atoms with E-state index in [0.717, 1.165) is 24.1 Å². The molecule has 0 atom stereocenters. The smallest absolute Gasteiger partial charge is 0.339 e. The number of nitrogens with zero attached hydrogens (tertiary/aromatic N) is 1. The highest BCUT2D eigenvalue weighted by atomic mass is 16.4. The molecule has 0 fully saturated rings. The van der Waals surface area contributed by atoms with Crippen LogP contribution >= 0.6 is 0 Å². The van der Waals surface area contributed by atoms with Crippen molar-refractivity contribution in [1.82, 2.24) is 4.98 Å². The van der Waals surface area contributed by atoms with Crippen LogP contribution in [0.3, 0.4) is 0 Å². The average Bonchev–Trinajstić information content (AvgIpc) is 2.81. The molecule has 1 aromatic carbocycles. The first-order valence-corrected chi connectivity index (χ1v) is 6.80. The van der Waals surface area contributed by atoms with Crippen LogP contribution in [0.4, 0.5) is 0 Å². The largest absolute Gasteiger partial charge is 0.478 e. The van der Waals surface area contributed by atoms with Crippen molar-refractivity contribution in [2.24, 2.45) is 0 Å². The van der Waals surface area contributed by atoms with Crippen molar-refractivity contribution < 1.29 is 14.3 Å². The number of hydrogen-bond acceptors (Lipinski definition) is 3. The number of hydrogen-bond donors (Lipinski definition) is 1. The molecule has 0 aliphatic heterocycles. The van der Waals surface area contributed by atoms with Gasteiger partial charge in [0.1, 0.15) is 16.9 Å². The van der Waals surface area contributed by atoms with Crippen molar-refractivity contribution in [3.8, 4) is 0 Å². The fourth-order valence-corrected chi connectivity index (χ4v) is 2.51. The summed E-state index contributed by atoms with van der Waals surface area (Å²) in [5.41, 5.74) is 2.98. The summed E-state index contributed by atoms with van der Waals surface area (Å²) < 4.78 is 5.48. The first-order valence-electron chi connectivity index (χ1n) is 6.80. The van der Waals surface area contributed by atoms with E-state index in [1.54, 1.807) is 13.1 Å². The van der Waals surface area contributed by atoms with Gasteiger partial charge in [-0.15, -0.1) is 0 Å². The number of aromatic carboxylic acids is 1. The lowest BCUT2D eigenvalue weighted by molar-refractivity contribution is 0.0697. The maximum Gasteiger partial charge on any atom is 0.339 e. The number of aryl methyl sites for hydroxylation is 3. The Hall–Kier alpha value is -2.62. The Morgan fingerprint density at radius 3 is 2.81 bits per heavy atom. The molecule has 0 spiro atoms. The zero-order valence-corrected chi connectivity index (χ0v) is 11.7. The third-order valence-corrected chi connectivity index (χ3v) is 3.54. The lowest BCUT2D eigenvalue weighted by atomic mass is 10.0. The van der Waals surface area contributed by atoms with E-state index in [2.05, 4.69) is 4.98 Å². The summed E-state index contributed by atoms with van der Waals surface area (Å²) in [4.78, 5) is 15.6. The van der Waals surface area contributed by atoms with Gasteiger partial charge < -0.3 is 9.52 Å². The minimum absolute atomic E-state index is 0.254. The highest BCUT2D eigenvalue weighted by Gasteiger charge is 2.17. The second-order valence-corrected chi connectivity index (χ2v) is 4.99. The van der Waals surface area contributed by atoms with Crippen LogP contribution in [0.15, 0.2) is 47.0 Å². The molecule has 4 nitrogen and oxygen atoms in total. The predicted molar refractivity (Wildman–Crippen MR) is 79.6 cm³/mol. The van der Waals surface area contributed by atoms with Gasteiger partial charge in [-0.2, -0.15) is 0 Å². The van der Waals surface area contributed by atoms with Gasteiger partial charge in [0.25, 0.3) is 0 Å². The fourth-order valence-electron chi connectivity index (χ4n) is 2.51. The maximum atomic E-state index is 11.3. The van der Waals surface area contributed by atoms with E-state index in [4.69, 9.17) is 4.42 Å². The first-order chi connectivity index (χ1) is 10.1. The van der Waals surface area contributed by atoms with E-state index >= 15 is 0 Å². The van der Waals surface area contributed by atoms with E-state index in [9.17, 15) is 9.90 Å². The number of carbonyl (C=O) groups is 1. The van der Waals surface area contributed by atoms with Crippen molar-refractivity contribution in [3.05, 3.63) is 65.2 Å². The van der Waals surface area contributed by atoms with Crippen LogP contribution in [0, 0.1) is 6.92 Å². The maximum absolute atomic E-state index is 11.3. The zero-order valence-electron chi connectivity index (χ0n) is 11.7. The molecule has 0 aliphatic carbocycles. The van der Waals surface area contributed by atoms with Crippen molar-refractivity contribution in [2.45, 2.75) is 19.8 Å². The van der Waals surface area contributed by atoms with Crippen molar-refractivity contribution >= 4 is 16.9 Å². The summed E-state index contributed by atoms with van der Waals surface area (Å²) in [7, 11) is 0. The van der Waals surface area contributed by atoms with Crippen LogP contribution in [0.5, 0.6) is 0 Å². The number of benzene rings is 1. The van der Waals surface area contributed by atoms with Crippen LogP contribution in [-0.2, 0) is 12.8 Å². The molecule has 106 valence electrons. The lowest BCUT2D eigenvalue weighted by Crippen LogP contribution is -1.97. The Bertz CT molecular complexity index is 790. The third kappa shape index (κ3) is 2.65. The normalized spacial score (nSPS) is 10.9. The summed E-state index contributed by atoms with van der Waals surface area (Å²) in [6.45, 7) is 1.68. The van der Waals surface area contributed by atoms with Crippen LogP contribution in [0.1, 0.15) is 27.4 Å². The molecule has 2 heterocycles. The topological polar surface area (TPSA) is 63.3 Å². The molecule has 0 amide bonds. The van der Waals surface area contributed by atoms with Crippen molar-refractivity contribution in [1.29, 1.82) is 0 Å². The van der Waals surface area contributed by atoms with E-state index < -0.39 is 5.97 Å². The molecule has 0 bridgehead atoms. The number of carboxylic acid groups (broad SMARTS) is 1. The molecule has 0 saturated heterocycles. The molecule has 2 aromatic heterocycles. The summed E-state index contributed by atoms with van der Waals surface area (Å²) >= 11 is 0. The van der Waals surface area contributed by atoms with Gasteiger partial charge in [0, 0.05) is 17.3 Å². The van der Waals surface area contributed by atoms with Gasteiger partial charge in [-0.1, -0.05) is 12.1 Å². The molecule has 0 aliphatic rings. The van der Waals surface area contributed by atoms with E-state index in [1.165, 1.54) is 0 Å². The molecular weight excluding hydrogens is 266 g/mol. The third-order valence-electron chi connectivity index (χ3n) is 3.54. The second-order valence-electron chi connectivity index (χ2n) is 4.99. The average molecular weight is 281 g/mol. The second kappa shape index (κ2) is 5.40. The summed E-state index contributed by atoms with van der Waals surface area (Å²) in [5, 5.41) is 9.95. The Morgan fingerprint density at radius 1 is 1.24 bits per heavy atom. The Balaban J connectivity index is 1.90. The first kappa shape index (κ1) is 13.4. The summed E-state index contributed by atoms with van der Waals surface area (Å²) in [5.74, 6) is -0.507. The summed E-state index contributed by atoms with van der Waals surface area (Å²) in [6, 6.07) is 11.6. The van der Waals surface area contributed by atoms with Crippen molar-refractivity contribution in [3.63, 3.8) is 0 Å². The molecule has 21 heavy (non-hydrogen) atoms. The van der Waals surface area contributed by atoms with Crippen LogP contribution in [-0.4, -0.2) is 16.1 Å². The Kier molecular flexibility index (Phi) is 3.44. The monoisotopic (exact) mass is 281 g/mol. The number of fused-ring (bicyclic) bond motifs is 1. The molecule has 0 unspecified atom stereocenters. The predicted octanol–water partition coefficient (Wildman–Crippen LogP) is 3.62. The molecule has 0 saturated carbocycles. The molecule has 4 heteroatoms. The molecule has 3 aromatic rings. The van der Waals surface area contributed by atoms with Crippen LogP contribution in [0.2, 0.25) is 0 Å². The number of furan rings is 1. The fraction of sp³-hybridized carbons (Fsp3) is 0.176. The van der Waals surface area contributed by atoms with Gasteiger partial charge >= 0.3 is 5.97 Å². The quantitative estimate of drug-likeness (QED) is 0.793. The van der Waals surface area contributed by atoms with Gasteiger partial charge in [0.05, 0.1) is 0 Å². The van der Waals surface area contributed by atoms with Gasteiger partial charge in [-0.05, 0) is 49.6 Å². The van der Waals surface area contributed by atoms with Gasteiger partial charge in [0.15, 0.2) is 0 Å². The van der Waals surface area contributed by atoms with E-state index in [-0.39, 0.29) is 5.56 Å². The highest BCUT2D eigenvalue weighted by Crippen LogP contribution is 2.26. The number of carboxylic acids is 1. The molecule has 3 rings (SSSR count). The Morgan fingerprint density at radius 2 is 2.10 bits per heavy atom. The zero-order chi connectivity index (χ0) is 14.8. The number of rotatable bonds is 4. The Labute approximate surface area is 122 Å². The van der Waals surface area contributed by atoms with E-state index in [1.807, 2.05) is 36.4 Å². The van der Waals surface area contributed by atoms with Crippen LogP contribution in [0.25, 0.3) is 11.0 Å². The lowest BCUT2D eigenvalue weighted by Gasteiger charge is -2.02. The molecule has 1 N–H and O–H groups in total. The van der Waals surface area contributed by atoms with Crippen LogP contribution < -0.4 is 0 Å². The summed E-state index contributed by atoms with van der Waals surface area (Å²) in [6.07, 6.45) is 3.42. The SMILES string of the molecule is Cc1oc2ccc(CCc3ccccn3)cc2c1C(=O)O. The van der Waals surface area contributed by atoms with Gasteiger partial charge in [-0.25, -0.2) is 4.79 Å². The highest BCUT2D eigenvalue weighted by molar-refractivity contribution is 6.03. The van der Waals surface area contributed by atoms with Crippen molar-refractivity contribution in [2.75, 3.05) is 0 Å². The number of aromatic nitrogens is 1. The minimum Gasteiger partial charge on any atom is -0.478 e. The molecule has 0 radical (unpaired) electrons. The number of pyridine rings is 1. The van der Waals surface area contributed by atoms with Gasteiger partial charge in [0.2, 0.25) is 0 Å². The molecular formula is C17H15NO3. The van der Waals surface area contributed by atoms with Gasteiger partial charge in [-0.3, -0.25) is 4.98 Å². The standard InChI is InChI=1S/C17H15NO3/c1-11-16(17(19)20)14-10-12(6-8-15(14)21-11)5-7-13-4-2-3-9-18-13/h2-4,6,8-10H,5,7H2,1H3,(H,19,20).